The minimum absolute atomic E-state index is 0.154. The molecule has 13 heteroatoms. The lowest BCUT2D eigenvalue weighted by molar-refractivity contribution is -0.155. The summed E-state index contributed by atoms with van der Waals surface area (Å²) in [5.41, 5.74) is 5.57. The fraction of sp³-hybridized carbons (Fsp3) is 0.571. The summed E-state index contributed by atoms with van der Waals surface area (Å²) in [4.78, 5) is 28.5. The maximum atomic E-state index is 12.6. The lowest BCUT2D eigenvalue weighted by Gasteiger charge is -2.27. The largest absolute Gasteiger partial charge is 0.460 e. The Balaban J connectivity index is 2.10. The van der Waals surface area contributed by atoms with Crippen molar-refractivity contribution in [3.05, 3.63) is 24.2 Å². The molecule has 186 valence electrons. The molecule has 0 fully saturated rings. The van der Waals surface area contributed by atoms with Gasteiger partial charge in [-0.3, -0.25) is 0 Å². The Hall–Kier alpha value is -3.63. The van der Waals surface area contributed by atoms with Gasteiger partial charge < -0.3 is 35.5 Å². The first-order valence-corrected chi connectivity index (χ1v) is 10.5. The van der Waals surface area contributed by atoms with Gasteiger partial charge in [0.1, 0.15) is 42.3 Å². The zero-order valence-electron chi connectivity index (χ0n) is 19.6. The normalized spacial score (nSPS) is 15.1. The van der Waals surface area contributed by atoms with E-state index in [1.165, 1.54) is 23.2 Å². The fourth-order valence-corrected chi connectivity index (χ4v) is 3.03. The number of hydrogen-bond donors (Lipinski definition) is 4. The highest BCUT2D eigenvalue weighted by Crippen LogP contribution is 2.24. The molecule has 0 radical (unpaired) electrons. The van der Waals surface area contributed by atoms with Crippen molar-refractivity contribution in [2.45, 2.75) is 64.6 Å². The van der Waals surface area contributed by atoms with Crippen LogP contribution >= 0.6 is 0 Å². The lowest BCUT2D eigenvalue weighted by atomic mass is 10.0. The first-order chi connectivity index (χ1) is 15.9. The molecule has 2 heterocycles. The van der Waals surface area contributed by atoms with Gasteiger partial charge in [0.25, 0.3) is 6.26 Å². The summed E-state index contributed by atoms with van der Waals surface area (Å²) in [5.74, 6) is -1.02. The number of esters is 1. The third-order valence-electron chi connectivity index (χ3n) is 4.71. The van der Waals surface area contributed by atoms with Crippen LogP contribution in [0.15, 0.2) is 18.5 Å². The van der Waals surface area contributed by atoms with Gasteiger partial charge in [0.15, 0.2) is 11.9 Å². The van der Waals surface area contributed by atoms with Crippen LogP contribution in [0.3, 0.4) is 0 Å². The van der Waals surface area contributed by atoms with Crippen molar-refractivity contribution in [3.63, 3.8) is 0 Å². The van der Waals surface area contributed by atoms with Crippen LogP contribution < -0.4 is 11.1 Å². The van der Waals surface area contributed by atoms with Gasteiger partial charge in [-0.2, -0.15) is 10.4 Å². The number of rotatable bonds is 9. The minimum Gasteiger partial charge on any atom is -0.460 e. The molecule has 0 aromatic carbocycles. The Kier molecular flexibility index (Phi) is 8.61. The maximum Gasteiger partial charge on any atom is 0.408 e. The van der Waals surface area contributed by atoms with Crippen molar-refractivity contribution < 1.29 is 34.0 Å². The summed E-state index contributed by atoms with van der Waals surface area (Å²) in [6.07, 6.45) is -2.87. The number of nitrogen functional groups attached to an aromatic ring is 1. The number of nitrogens with one attached hydrogen (secondary N) is 1. The molecular formula is C21H30N6O7. The zero-order chi connectivity index (χ0) is 25.6. The highest BCUT2D eigenvalue weighted by Gasteiger charge is 2.34. The molecule has 0 saturated carbocycles. The average Bonchev–Trinajstić information content (AvgIpc) is 3.17. The number of aliphatic hydroxyl groups excluding tert-OH is 2. The van der Waals surface area contributed by atoms with E-state index in [9.17, 15) is 19.8 Å². The van der Waals surface area contributed by atoms with Gasteiger partial charge in [-0.15, -0.1) is 0 Å². The Labute approximate surface area is 196 Å². The van der Waals surface area contributed by atoms with Crippen LogP contribution in [0.5, 0.6) is 0 Å². The number of nitrogens with zero attached hydrogens (tertiary/aromatic N) is 4. The second-order valence-electron chi connectivity index (χ2n) is 8.88. The molecule has 0 aliphatic carbocycles. The Morgan fingerprint density at radius 1 is 1.29 bits per heavy atom. The molecule has 4 atom stereocenters. The highest BCUT2D eigenvalue weighted by atomic mass is 16.6. The molecule has 0 aliphatic heterocycles. The van der Waals surface area contributed by atoms with E-state index < -0.39 is 48.6 Å². The van der Waals surface area contributed by atoms with Crippen LogP contribution in [0.2, 0.25) is 0 Å². The molecule has 5 N–H and O–H groups in total. The van der Waals surface area contributed by atoms with Gasteiger partial charge >= 0.3 is 12.1 Å². The second kappa shape index (κ2) is 11.0. The average molecular weight is 479 g/mol. The Morgan fingerprint density at radius 3 is 2.56 bits per heavy atom. The molecule has 0 unspecified atom stereocenters. The third kappa shape index (κ3) is 6.69. The number of nitriles is 1. The topological polar surface area (TPSA) is 194 Å². The third-order valence-corrected chi connectivity index (χ3v) is 4.71. The highest BCUT2D eigenvalue weighted by molar-refractivity contribution is 5.81. The number of carbonyl (C=O) groups excluding carboxylic acids is 2. The predicted molar refractivity (Wildman–Crippen MR) is 118 cm³/mol. The quantitative estimate of drug-likeness (QED) is 0.292. The van der Waals surface area contributed by atoms with Crippen LogP contribution in [0.1, 0.15) is 46.4 Å². The van der Waals surface area contributed by atoms with E-state index in [-0.39, 0.29) is 17.4 Å². The van der Waals surface area contributed by atoms with Crippen molar-refractivity contribution in [1.29, 1.82) is 5.26 Å². The summed E-state index contributed by atoms with van der Waals surface area (Å²) < 4.78 is 16.5. The van der Waals surface area contributed by atoms with E-state index in [0.29, 0.717) is 5.52 Å². The maximum absolute atomic E-state index is 12.6. The van der Waals surface area contributed by atoms with Gasteiger partial charge in [0.2, 0.25) is 0 Å². The van der Waals surface area contributed by atoms with Gasteiger partial charge in [-0.1, -0.05) is 13.8 Å². The number of carbonyl (C=O) groups is 2. The molecule has 0 spiro atoms. The van der Waals surface area contributed by atoms with E-state index in [2.05, 4.69) is 15.4 Å². The Morgan fingerprint density at radius 2 is 1.97 bits per heavy atom. The van der Waals surface area contributed by atoms with Crippen LogP contribution in [-0.4, -0.2) is 67.3 Å². The predicted octanol–water partition coefficient (Wildman–Crippen LogP) is 0.665. The molecule has 0 bridgehead atoms. The molecule has 34 heavy (non-hydrogen) atoms. The summed E-state index contributed by atoms with van der Waals surface area (Å²) in [6.45, 7) is 7.85. The summed E-state index contributed by atoms with van der Waals surface area (Å²) in [7, 11) is 0. The fourth-order valence-electron chi connectivity index (χ4n) is 3.03. The van der Waals surface area contributed by atoms with Gasteiger partial charge in [-0.05, 0) is 38.8 Å². The number of alkyl carbamates (subject to hydrolysis) is 1. The summed E-state index contributed by atoms with van der Waals surface area (Å²) >= 11 is 0. The van der Waals surface area contributed by atoms with Crippen LogP contribution in [0, 0.1) is 17.4 Å². The van der Waals surface area contributed by atoms with Crippen molar-refractivity contribution in [3.8, 4) is 6.26 Å². The van der Waals surface area contributed by atoms with Crippen molar-refractivity contribution in [1.82, 2.24) is 19.9 Å². The van der Waals surface area contributed by atoms with Gasteiger partial charge in [0.05, 0.1) is 5.69 Å². The number of aromatic nitrogens is 3. The summed E-state index contributed by atoms with van der Waals surface area (Å²) in [5, 5.41) is 36.7. The van der Waals surface area contributed by atoms with Crippen molar-refractivity contribution in [2.75, 3.05) is 12.3 Å². The van der Waals surface area contributed by atoms with E-state index >= 15 is 0 Å². The standard InChI is InChI=1S/C21H30N6O7/c1-11(2)15(26-20(31)34-21(3,4)5)19(30)32-8-14(33-9-22)17(29)16(28)12-6-7-13-18(23)24-10-25-27(12)13/h6-7,10-11,14-17,28-29H,8H2,1-5H3,(H,26,31)(H2,23,24,25)/t14-,15+,16+,17-/m1/s1. The summed E-state index contributed by atoms with van der Waals surface area (Å²) in [6, 6.07) is 1.97. The molecule has 2 aromatic heterocycles. The van der Waals surface area contributed by atoms with Crippen molar-refractivity contribution >= 4 is 23.4 Å². The molecule has 1 amide bonds. The number of nitrogens with two attached hydrogens (primary N) is 1. The zero-order valence-corrected chi connectivity index (χ0v) is 19.6. The number of aliphatic hydroxyl groups is 2. The van der Waals surface area contributed by atoms with E-state index in [1.807, 2.05) is 0 Å². The monoisotopic (exact) mass is 478 g/mol. The van der Waals surface area contributed by atoms with Crippen LogP contribution in [0.4, 0.5) is 10.6 Å². The molecule has 13 nitrogen and oxygen atoms in total. The SMILES string of the molecule is CC(C)[C@H](NC(=O)OC(C)(C)C)C(=O)OC[C@@H](OC#N)[C@@H](O)[C@@H](O)c1ccc2c(N)ncnn12. The number of ether oxygens (including phenoxy) is 3. The molecule has 0 saturated heterocycles. The minimum atomic E-state index is -1.68. The number of anilines is 1. The van der Waals surface area contributed by atoms with E-state index in [4.69, 9.17) is 25.2 Å². The van der Waals surface area contributed by atoms with Crippen molar-refractivity contribution in [2.24, 2.45) is 5.92 Å². The molecule has 0 aliphatic rings. The second-order valence-corrected chi connectivity index (χ2v) is 8.88. The molecule has 2 aromatic rings. The Bertz CT molecular complexity index is 1040. The molecular weight excluding hydrogens is 448 g/mol. The van der Waals surface area contributed by atoms with Crippen LogP contribution in [0.25, 0.3) is 5.52 Å². The number of hydrogen-bond acceptors (Lipinski definition) is 11. The van der Waals surface area contributed by atoms with Crippen LogP contribution in [-0.2, 0) is 19.0 Å². The first kappa shape index (κ1) is 26.6. The van der Waals surface area contributed by atoms with Gasteiger partial charge in [-0.25, -0.2) is 19.1 Å². The van der Waals surface area contributed by atoms with E-state index in [1.54, 1.807) is 40.7 Å². The van der Waals surface area contributed by atoms with Gasteiger partial charge in [0, 0.05) is 0 Å². The number of amides is 1. The number of fused-ring (bicyclic) bond motifs is 1. The van der Waals surface area contributed by atoms with E-state index in [0.717, 1.165) is 0 Å². The first-order valence-electron chi connectivity index (χ1n) is 10.5. The smallest absolute Gasteiger partial charge is 0.408 e. The lowest BCUT2D eigenvalue weighted by Crippen LogP contribution is -2.48. The molecule has 2 rings (SSSR count).